The van der Waals surface area contributed by atoms with Crippen LogP contribution in [0.1, 0.15) is 49.6 Å². The van der Waals surface area contributed by atoms with Gasteiger partial charge in [-0.1, -0.05) is 61.5 Å². The van der Waals surface area contributed by atoms with Crippen molar-refractivity contribution in [2.24, 2.45) is 5.92 Å². The van der Waals surface area contributed by atoms with Crippen LogP contribution < -0.4 is 5.32 Å². The number of fused-ring (bicyclic) bond motifs is 1. The van der Waals surface area contributed by atoms with Crippen LogP contribution >= 0.6 is 0 Å². The molecule has 0 spiro atoms. The molecule has 2 amide bonds. The van der Waals surface area contributed by atoms with Gasteiger partial charge in [-0.15, -0.1) is 0 Å². The third kappa shape index (κ3) is 7.11. The molecule has 0 fully saturated rings. The molecule has 2 unspecified atom stereocenters. The monoisotopic (exact) mass is 521 g/mol. The zero-order valence-electron chi connectivity index (χ0n) is 22.8. The van der Waals surface area contributed by atoms with Crippen LogP contribution in [0.3, 0.4) is 0 Å². The fraction of sp³-hybridized carbons (Fsp3) is 0.312. The molecular weight excluding hydrogens is 486 g/mol. The van der Waals surface area contributed by atoms with Gasteiger partial charge >= 0.3 is 0 Å². The average molecular weight is 522 g/mol. The van der Waals surface area contributed by atoms with Crippen LogP contribution in [0.4, 0.5) is 0 Å². The Balaban J connectivity index is 1.29. The SMILES string of the molecule is CC(=O)N(Cc1cccc2ccccc12)C(C)C(C)CCNC(=O)Cc1cncn1Cc1ccc(C#N)cc1. The van der Waals surface area contributed by atoms with Gasteiger partial charge in [0.2, 0.25) is 11.8 Å². The number of carbonyl (C=O) groups excluding carboxylic acids is 2. The van der Waals surface area contributed by atoms with E-state index in [1.165, 1.54) is 5.39 Å². The standard InChI is InChI=1S/C32H35N5O2/c1-23(24(2)37(25(3)38)21-29-9-6-8-28-7-4-5-10-31(28)29)15-16-35-32(39)17-30-19-34-22-36(30)20-27-13-11-26(18-33)12-14-27/h4-14,19,22-24H,15-17,20-21H2,1-3H3,(H,35,39). The van der Waals surface area contributed by atoms with Gasteiger partial charge in [0.25, 0.3) is 0 Å². The Morgan fingerprint density at radius 2 is 1.79 bits per heavy atom. The Kier molecular flexibility index (Phi) is 9.11. The number of imidazole rings is 1. The first kappa shape index (κ1) is 27.6. The summed E-state index contributed by atoms with van der Waals surface area (Å²) in [7, 11) is 0. The molecule has 200 valence electrons. The maximum absolute atomic E-state index is 12.7. The summed E-state index contributed by atoms with van der Waals surface area (Å²) in [6.45, 7) is 7.51. The van der Waals surface area contributed by atoms with Crippen LogP contribution in [0.15, 0.2) is 79.3 Å². The van der Waals surface area contributed by atoms with Crippen LogP contribution in [0.25, 0.3) is 10.8 Å². The first-order valence-corrected chi connectivity index (χ1v) is 13.3. The molecule has 7 heteroatoms. The second-order valence-corrected chi connectivity index (χ2v) is 10.1. The van der Waals surface area contributed by atoms with Gasteiger partial charge in [-0.25, -0.2) is 4.98 Å². The van der Waals surface area contributed by atoms with Crippen molar-refractivity contribution in [3.05, 3.63) is 102 Å². The van der Waals surface area contributed by atoms with E-state index in [4.69, 9.17) is 5.26 Å². The fourth-order valence-electron chi connectivity index (χ4n) is 4.89. The Hall–Kier alpha value is -4.44. The topological polar surface area (TPSA) is 91.0 Å². The Bertz CT molecular complexity index is 1460. The second kappa shape index (κ2) is 12.9. The van der Waals surface area contributed by atoms with Crippen LogP contribution in [0, 0.1) is 17.2 Å². The Morgan fingerprint density at radius 3 is 2.54 bits per heavy atom. The number of carbonyl (C=O) groups is 2. The predicted octanol–water partition coefficient (Wildman–Crippen LogP) is 5.08. The molecule has 7 nitrogen and oxygen atoms in total. The van der Waals surface area contributed by atoms with Crippen molar-refractivity contribution in [2.75, 3.05) is 6.54 Å². The van der Waals surface area contributed by atoms with Gasteiger partial charge in [-0.05, 0) is 53.3 Å². The number of hydrogen-bond acceptors (Lipinski definition) is 4. The fourth-order valence-corrected chi connectivity index (χ4v) is 4.89. The van der Waals surface area contributed by atoms with E-state index in [0.717, 1.165) is 28.6 Å². The van der Waals surface area contributed by atoms with Gasteiger partial charge in [0, 0.05) is 44.5 Å². The number of rotatable bonds is 11. The minimum atomic E-state index is -0.0596. The minimum absolute atomic E-state index is 0.0206. The summed E-state index contributed by atoms with van der Waals surface area (Å²) in [5, 5.41) is 14.3. The maximum atomic E-state index is 12.7. The van der Waals surface area contributed by atoms with E-state index < -0.39 is 0 Å². The van der Waals surface area contributed by atoms with E-state index in [9.17, 15) is 9.59 Å². The molecule has 0 aliphatic rings. The summed E-state index contributed by atoms with van der Waals surface area (Å²) in [4.78, 5) is 31.5. The van der Waals surface area contributed by atoms with Gasteiger partial charge in [-0.2, -0.15) is 5.26 Å². The Labute approximate surface area is 230 Å². The highest BCUT2D eigenvalue weighted by atomic mass is 16.2. The first-order valence-electron chi connectivity index (χ1n) is 13.3. The van der Waals surface area contributed by atoms with Crippen molar-refractivity contribution in [3.8, 4) is 6.07 Å². The molecular formula is C32H35N5O2. The van der Waals surface area contributed by atoms with E-state index in [-0.39, 0.29) is 30.2 Å². The van der Waals surface area contributed by atoms with Gasteiger partial charge in [-0.3, -0.25) is 9.59 Å². The molecule has 0 radical (unpaired) electrons. The van der Waals surface area contributed by atoms with Crippen molar-refractivity contribution < 1.29 is 9.59 Å². The number of nitriles is 1. The quantitative estimate of drug-likeness (QED) is 0.298. The Morgan fingerprint density at radius 1 is 1.05 bits per heavy atom. The van der Waals surface area contributed by atoms with E-state index in [1.54, 1.807) is 31.6 Å². The van der Waals surface area contributed by atoms with E-state index in [2.05, 4.69) is 54.5 Å². The lowest BCUT2D eigenvalue weighted by atomic mass is 9.96. The molecule has 39 heavy (non-hydrogen) atoms. The molecule has 3 aromatic carbocycles. The molecule has 1 heterocycles. The maximum Gasteiger partial charge on any atom is 0.225 e. The van der Waals surface area contributed by atoms with Gasteiger partial charge < -0.3 is 14.8 Å². The number of nitrogens with one attached hydrogen (secondary N) is 1. The summed E-state index contributed by atoms with van der Waals surface area (Å²) in [5.74, 6) is 0.184. The third-order valence-electron chi connectivity index (χ3n) is 7.44. The predicted molar refractivity (Wildman–Crippen MR) is 153 cm³/mol. The summed E-state index contributed by atoms with van der Waals surface area (Å²) < 4.78 is 1.95. The van der Waals surface area contributed by atoms with E-state index in [1.807, 2.05) is 39.8 Å². The highest BCUT2D eigenvalue weighted by Gasteiger charge is 2.23. The highest BCUT2D eigenvalue weighted by molar-refractivity contribution is 5.86. The molecule has 0 saturated carbocycles. The zero-order valence-corrected chi connectivity index (χ0v) is 22.8. The lowest BCUT2D eigenvalue weighted by Crippen LogP contribution is -2.41. The summed E-state index contributed by atoms with van der Waals surface area (Å²) >= 11 is 0. The number of amides is 2. The lowest BCUT2D eigenvalue weighted by molar-refractivity contribution is -0.132. The van der Waals surface area contributed by atoms with Gasteiger partial charge in [0.1, 0.15) is 0 Å². The van der Waals surface area contributed by atoms with Crippen molar-refractivity contribution in [1.29, 1.82) is 5.26 Å². The molecule has 4 aromatic rings. The van der Waals surface area contributed by atoms with Gasteiger partial charge in [0.15, 0.2) is 0 Å². The van der Waals surface area contributed by atoms with Crippen LogP contribution in [-0.4, -0.2) is 38.9 Å². The van der Waals surface area contributed by atoms with Crippen LogP contribution in [0.5, 0.6) is 0 Å². The molecule has 1 aromatic heterocycles. The molecule has 0 bridgehead atoms. The summed E-state index contributed by atoms with van der Waals surface area (Å²) in [6, 6.07) is 24.0. The molecule has 0 aliphatic heterocycles. The van der Waals surface area contributed by atoms with Gasteiger partial charge in [0.05, 0.1) is 24.4 Å². The molecule has 0 aliphatic carbocycles. The van der Waals surface area contributed by atoms with Crippen molar-refractivity contribution in [2.45, 2.75) is 52.7 Å². The van der Waals surface area contributed by atoms with E-state index >= 15 is 0 Å². The van der Waals surface area contributed by atoms with Crippen molar-refractivity contribution in [1.82, 2.24) is 19.8 Å². The van der Waals surface area contributed by atoms with Crippen LogP contribution in [0.2, 0.25) is 0 Å². The number of hydrogen-bond donors (Lipinski definition) is 1. The van der Waals surface area contributed by atoms with Crippen molar-refractivity contribution in [3.63, 3.8) is 0 Å². The second-order valence-electron chi connectivity index (χ2n) is 10.1. The molecule has 1 N–H and O–H groups in total. The van der Waals surface area contributed by atoms with Crippen molar-refractivity contribution >= 4 is 22.6 Å². The van der Waals surface area contributed by atoms with E-state index in [0.29, 0.717) is 25.2 Å². The number of benzene rings is 3. The lowest BCUT2D eigenvalue weighted by Gasteiger charge is -2.33. The van der Waals surface area contributed by atoms with Crippen LogP contribution in [-0.2, 0) is 29.1 Å². The molecule has 0 saturated heterocycles. The number of nitrogens with zero attached hydrogens (tertiary/aromatic N) is 4. The minimum Gasteiger partial charge on any atom is -0.356 e. The number of aromatic nitrogens is 2. The highest BCUT2D eigenvalue weighted by Crippen LogP contribution is 2.23. The smallest absolute Gasteiger partial charge is 0.225 e. The summed E-state index contributed by atoms with van der Waals surface area (Å²) in [6.07, 6.45) is 4.43. The summed E-state index contributed by atoms with van der Waals surface area (Å²) in [5.41, 5.74) is 3.62. The normalized spacial score (nSPS) is 12.5. The molecule has 4 rings (SSSR count). The average Bonchev–Trinajstić information content (AvgIpc) is 3.37. The zero-order chi connectivity index (χ0) is 27.8. The third-order valence-corrected chi connectivity index (χ3v) is 7.44. The largest absolute Gasteiger partial charge is 0.356 e. The molecule has 2 atom stereocenters. The first-order chi connectivity index (χ1) is 18.9.